The molecule has 2 aromatic rings. The van der Waals surface area contributed by atoms with Crippen LogP contribution in [0.15, 0.2) is 70.6 Å². The maximum absolute atomic E-state index is 4.74. The van der Waals surface area contributed by atoms with Crippen LogP contribution in [0.4, 0.5) is 11.4 Å². The van der Waals surface area contributed by atoms with Crippen molar-refractivity contribution in [2.75, 3.05) is 18.4 Å². The molecule has 0 aromatic heterocycles. The molecule has 4 nitrogen and oxygen atoms in total. The number of nitrogens with one attached hydrogen (secondary N) is 1. The van der Waals surface area contributed by atoms with Crippen molar-refractivity contribution in [3.8, 4) is 0 Å². The van der Waals surface area contributed by atoms with Crippen molar-refractivity contribution in [3.63, 3.8) is 0 Å². The van der Waals surface area contributed by atoms with Crippen molar-refractivity contribution in [1.29, 1.82) is 0 Å². The number of hydrogen-bond acceptors (Lipinski definition) is 3. The molecule has 0 unspecified atom stereocenters. The van der Waals surface area contributed by atoms with Crippen LogP contribution in [0.1, 0.15) is 19.8 Å². The maximum Gasteiger partial charge on any atom is 0.203 e. The molecule has 1 heterocycles. The summed E-state index contributed by atoms with van der Waals surface area (Å²) >= 11 is 0. The lowest BCUT2D eigenvalue weighted by Gasteiger charge is -2.25. The van der Waals surface area contributed by atoms with Gasteiger partial charge in [-0.05, 0) is 44.0 Å². The Bertz CT molecular complexity index is 677. The van der Waals surface area contributed by atoms with Crippen molar-refractivity contribution in [2.24, 2.45) is 9.98 Å². The van der Waals surface area contributed by atoms with E-state index in [2.05, 4.69) is 22.3 Å². The molecule has 0 aliphatic carbocycles. The van der Waals surface area contributed by atoms with E-state index in [1.165, 1.54) is 0 Å². The van der Waals surface area contributed by atoms with E-state index in [-0.39, 0.29) is 0 Å². The second-order valence-corrected chi connectivity index (χ2v) is 5.55. The van der Waals surface area contributed by atoms with Crippen molar-refractivity contribution < 1.29 is 0 Å². The summed E-state index contributed by atoms with van der Waals surface area (Å²) in [6, 6.07) is 20.2. The number of amidine groups is 1. The van der Waals surface area contributed by atoms with Crippen LogP contribution in [0.25, 0.3) is 0 Å². The van der Waals surface area contributed by atoms with E-state index >= 15 is 0 Å². The van der Waals surface area contributed by atoms with Crippen molar-refractivity contribution in [2.45, 2.75) is 19.8 Å². The van der Waals surface area contributed by atoms with E-state index in [1.54, 1.807) is 0 Å². The molecule has 118 valence electrons. The number of guanidine groups is 1. The first-order valence-electron chi connectivity index (χ1n) is 8.07. The molecule has 0 spiro atoms. The second-order valence-electron chi connectivity index (χ2n) is 5.55. The van der Waals surface area contributed by atoms with Gasteiger partial charge in [-0.15, -0.1) is 0 Å². The first kappa shape index (κ1) is 15.3. The highest BCUT2D eigenvalue weighted by atomic mass is 15.3. The summed E-state index contributed by atoms with van der Waals surface area (Å²) in [5.74, 6) is 1.84. The van der Waals surface area contributed by atoms with Gasteiger partial charge in [-0.1, -0.05) is 36.4 Å². The zero-order chi connectivity index (χ0) is 15.9. The molecule has 0 saturated carbocycles. The maximum atomic E-state index is 4.74. The highest BCUT2D eigenvalue weighted by molar-refractivity contribution is 6.05. The third kappa shape index (κ3) is 4.19. The molecule has 0 radical (unpaired) electrons. The average Bonchev–Trinajstić information content (AvgIpc) is 2.82. The predicted octanol–water partition coefficient (Wildman–Crippen LogP) is 4.30. The first-order chi connectivity index (χ1) is 11.3. The smallest absolute Gasteiger partial charge is 0.203 e. The number of aliphatic imine (C=N–C) groups is 2. The van der Waals surface area contributed by atoms with Crippen LogP contribution in [0.3, 0.4) is 0 Å². The van der Waals surface area contributed by atoms with Crippen molar-refractivity contribution in [1.82, 2.24) is 4.90 Å². The van der Waals surface area contributed by atoms with Crippen LogP contribution < -0.4 is 5.32 Å². The van der Waals surface area contributed by atoms with Gasteiger partial charge < -0.3 is 10.2 Å². The Labute approximate surface area is 137 Å². The van der Waals surface area contributed by atoms with Gasteiger partial charge >= 0.3 is 0 Å². The topological polar surface area (TPSA) is 40.0 Å². The minimum atomic E-state index is 0.851. The summed E-state index contributed by atoms with van der Waals surface area (Å²) in [7, 11) is 0. The van der Waals surface area contributed by atoms with Crippen LogP contribution in [-0.2, 0) is 0 Å². The van der Waals surface area contributed by atoms with E-state index in [1.807, 2.05) is 55.5 Å². The third-order valence-corrected chi connectivity index (χ3v) is 3.77. The molecule has 0 saturated heterocycles. The highest BCUT2D eigenvalue weighted by Crippen LogP contribution is 2.15. The second kappa shape index (κ2) is 7.58. The van der Waals surface area contributed by atoms with Gasteiger partial charge in [-0.2, -0.15) is 0 Å². The number of rotatable bonds is 2. The minimum Gasteiger partial charge on any atom is -0.326 e. The molecule has 0 fully saturated rings. The number of nitrogens with zero attached hydrogens (tertiary/aromatic N) is 3. The summed E-state index contributed by atoms with van der Waals surface area (Å²) in [5, 5.41) is 3.43. The number of anilines is 1. The monoisotopic (exact) mass is 306 g/mol. The minimum absolute atomic E-state index is 0.851. The van der Waals surface area contributed by atoms with Crippen molar-refractivity contribution >= 4 is 23.2 Å². The molecular weight excluding hydrogens is 284 g/mol. The summed E-state index contributed by atoms with van der Waals surface area (Å²) in [6.45, 7) is 3.83. The van der Waals surface area contributed by atoms with E-state index in [9.17, 15) is 0 Å². The van der Waals surface area contributed by atoms with Crippen LogP contribution in [0, 0.1) is 0 Å². The Morgan fingerprint density at radius 2 is 1.70 bits per heavy atom. The molecule has 23 heavy (non-hydrogen) atoms. The Hall–Kier alpha value is -2.62. The van der Waals surface area contributed by atoms with E-state index in [4.69, 9.17) is 9.98 Å². The van der Waals surface area contributed by atoms with Gasteiger partial charge in [-0.25, -0.2) is 4.99 Å². The number of benzene rings is 2. The normalized spacial score (nSPS) is 15.8. The van der Waals surface area contributed by atoms with E-state index in [0.717, 1.165) is 49.1 Å². The van der Waals surface area contributed by atoms with Gasteiger partial charge in [-0.3, -0.25) is 4.99 Å². The largest absolute Gasteiger partial charge is 0.326 e. The quantitative estimate of drug-likeness (QED) is 0.664. The van der Waals surface area contributed by atoms with Crippen LogP contribution in [0.2, 0.25) is 0 Å². The fraction of sp³-hybridized carbons (Fsp3) is 0.263. The molecule has 3 rings (SSSR count). The third-order valence-electron chi connectivity index (χ3n) is 3.77. The van der Waals surface area contributed by atoms with E-state index < -0.39 is 0 Å². The Morgan fingerprint density at radius 3 is 2.43 bits per heavy atom. The zero-order valence-electron chi connectivity index (χ0n) is 13.4. The van der Waals surface area contributed by atoms with Crippen LogP contribution >= 0.6 is 0 Å². The summed E-state index contributed by atoms with van der Waals surface area (Å²) in [5.41, 5.74) is 2.01. The van der Waals surface area contributed by atoms with Crippen molar-refractivity contribution in [3.05, 3.63) is 60.7 Å². The van der Waals surface area contributed by atoms with Gasteiger partial charge in [0.05, 0.1) is 5.69 Å². The highest BCUT2D eigenvalue weighted by Gasteiger charge is 2.17. The lowest BCUT2D eigenvalue weighted by atomic mass is 10.3. The summed E-state index contributed by atoms with van der Waals surface area (Å²) < 4.78 is 0. The molecule has 2 aromatic carbocycles. The van der Waals surface area contributed by atoms with E-state index in [0.29, 0.717) is 0 Å². The Kier molecular flexibility index (Phi) is 5.04. The van der Waals surface area contributed by atoms with Gasteiger partial charge in [0.1, 0.15) is 5.84 Å². The van der Waals surface area contributed by atoms with Gasteiger partial charge in [0.15, 0.2) is 0 Å². The van der Waals surface area contributed by atoms with Gasteiger partial charge in [0.25, 0.3) is 0 Å². The lowest BCUT2D eigenvalue weighted by Crippen LogP contribution is -2.39. The molecule has 1 aliphatic heterocycles. The molecule has 1 N–H and O–H groups in total. The Balaban J connectivity index is 1.83. The predicted molar refractivity (Wildman–Crippen MR) is 97.5 cm³/mol. The fourth-order valence-corrected chi connectivity index (χ4v) is 2.58. The molecule has 0 atom stereocenters. The number of para-hydroxylation sites is 2. The molecule has 0 bridgehead atoms. The average molecular weight is 306 g/mol. The molecule has 0 amide bonds. The molecular formula is C19H22N4. The number of hydrogen-bond donors (Lipinski definition) is 1. The first-order valence-corrected chi connectivity index (χ1v) is 8.07. The standard InChI is InChI=1S/C19H22N4/c1-16(21-17-10-4-2-5-11-17)23-15-9-8-14-20-19(23)22-18-12-6-3-7-13-18/h2-7,10-13H,8-9,14-15H2,1H3,(H,20,22). The van der Waals surface area contributed by atoms with Gasteiger partial charge in [0.2, 0.25) is 5.96 Å². The Morgan fingerprint density at radius 1 is 1.00 bits per heavy atom. The molecule has 4 heteroatoms. The lowest BCUT2D eigenvalue weighted by molar-refractivity contribution is 0.578. The fourth-order valence-electron chi connectivity index (χ4n) is 2.58. The van der Waals surface area contributed by atoms with Crippen LogP contribution in [-0.4, -0.2) is 29.8 Å². The molecule has 1 aliphatic rings. The summed E-state index contributed by atoms with van der Waals surface area (Å²) in [4.78, 5) is 11.6. The SMILES string of the molecule is CC(=Nc1ccccc1)N1CCCCN=C1Nc1ccccc1. The zero-order valence-corrected chi connectivity index (χ0v) is 13.4. The summed E-state index contributed by atoms with van der Waals surface area (Å²) in [6.07, 6.45) is 2.22. The van der Waals surface area contributed by atoms with Gasteiger partial charge in [0, 0.05) is 18.8 Å². The van der Waals surface area contributed by atoms with Crippen LogP contribution in [0.5, 0.6) is 0 Å².